The molecule has 24 heavy (non-hydrogen) atoms. The van der Waals surface area contributed by atoms with Gasteiger partial charge >= 0.3 is 0 Å². The largest absolute Gasteiger partial charge is 0.295 e. The highest BCUT2D eigenvalue weighted by atomic mass is 35.5. The van der Waals surface area contributed by atoms with Gasteiger partial charge in [-0.1, -0.05) is 53.2 Å². The molecule has 0 bridgehead atoms. The van der Waals surface area contributed by atoms with Gasteiger partial charge in [-0.15, -0.1) is 5.10 Å². The van der Waals surface area contributed by atoms with E-state index in [2.05, 4.69) is 15.5 Å². The molecule has 0 saturated heterocycles. The monoisotopic (exact) mass is 378 g/mol. The van der Waals surface area contributed by atoms with Crippen LogP contribution < -0.4 is 0 Å². The zero-order chi connectivity index (χ0) is 17.1. The number of carbonyl (C=O) groups is 1. The minimum Gasteiger partial charge on any atom is -0.295 e. The van der Waals surface area contributed by atoms with Crippen molar-refractivity contribution < 1.29 is 4.79 Å². The molecule has 0 radical (unpaired) electrons. The molecule has 1 heterocycles. The van der Waals surface area contributed by atoms with Crippen molar-refractivity contribution in [3.8, 4) is 5.69 Å². The van der Waals surface area contributed by atoms with Crippen molar-refractivity contribution >= 4 is 40.7 Å². The third-order valence-electron chi connectivity index (χ3n) is 3.31. The van der Waals surface area contributed by atoms with Gasteiger partial charge in [0.1, 0.15) is 0 Å². The molecular formula is C16H12Cl2N4OS. The quantitative estimate of drug-likeness (QED) is 0.484. The zero-order valence-corrected chi connectivity index (χ0v) is 14.9. The van der Waals surface area contributed by atoms with E-state index in [0.29, 0.717) is 26.5 Å². The van der Waals surface area contributed by atoms with Crippen LogP contribution >= 0.6 is 35.0 Å². The zero-order valence-electron chi connectivity index (χ0n) is 12.6. The summed E-state index contributed by atoms with van der Waals surface area (Å²) >= 11 is 13.5. The van der Waals surface area contributed by atoms with E-state index >= 15 is 0 Å². The van der Waals surface area contributed by atoms with Crippen molar-refractivity contribution in [2.45, 2.75) is 17.8 Å². The molecule has 0 saturated carbocycles. The Hall–Kier alpha value is -1.89. The maximum absolute atomic E-state index is 11.5. The van der Waals surface area contributed by atoms with Crippen molar-refractivity contribution in [3.63, 3.8) is 0 Å². The van der Waals surface area contributed by atoms with Gasteiger partial charge < -0.3 is 0 Å². The molecule has 8 heteroatoms. The lowest BCUT2D eigenvalue weighted by atomic mass is 10.1. The molecule has 1 aromatic heterocycles. The Balaban J connectivity index is 1.83. The summed E-state index contributed by atoms with van der Waals surface area (Å²) < 4.78 is 1.60. The molecule has 3 rings (SSSR count). The number of halogens is 2. The Morgan fingerprint density at radius 2 is 2.04 bits per heavy atom. The summed E-state index contributed by atoms with van der Waals surface area (Å²) in [7, 11) is 0. The number of ketones is 1. The molecule has 0 aliphatic heterocycles. The number of thioether (sulfide) groups is 1. The van der Waals surface area contributed by atoms with Gasteiger partial charge in [0.05, 0.1) is 5.69 Å². The van der Waals surface area contributed by atoms with Gasteiger partial charge in [0.15, 0.2) is 5.78 Å². The number of tetrazole rings is 1. The Labute approximate surface area is 153 Å². The number of Topliss-reactive ketones (excluding diaryl/α,β-unsaturated/α-hetero) is 1. The molecule has 0 aliphatic rings. The van der Waals surface area contributed by atoms with Gasteiger partial charge in [-0.25, -0.2) is 0 Å². The van der Waals surface area contributed by atoms with Gasteiger partial charge in [-0.3, -0.25) is 4.79 Å². The number of hydrogen-bond acceptors (Lipinski definition) is 5. The van der Waals surface area contributed by atoms with E-state index in [-0.39, 0.29) is 5.78 Å². The predicted octanol–water partition coefficient (Wildman–Crippen LogP) is 4.46. The first-order valence-corrected chi connectivity index (χ1v) is 8.75. The van der Waals surface area contributed by atoms with Crippen molar-refractivity contribution in [2.75, 3.05) is 0 Å². The van der Waals surface area contributed by atoms with Crippen LogP contribution in [0.3, 0.4) is 0 Å². The lowest BCUT2D eigenvalue weighted by Gasteiger charge is -2.07. The minimum absolute atomic E-state index is 0.00734. The molecule has 0 aliphatic carbocycles. The highest BCUT2D eigenvalue weighted by molar-refractivity contribution is 7.98. The van der Waals surface area contributed by atoms with E-state index in [1.54, 1.807) is 35.0 Å². The van der Waals surface area contributed by atoms with Crippen molar-refractivity contribution in [1.29, 1.82) is 0 Å². The topological polar surface area (TPSA) is 60.7 Å². The van der Waals surface area contributed by atoms with E-state index in [4.69, 9.17) is 23.2 Å². The van der Waals surface area contributed by atoms with Crippen LogP contribution in [0.5, 0.6) is 0 Å². The molecule has 0 unspecified atom stereocenters. The van der Waals surface area contributed by atoms with E-state index in [0.717, 1.165) is 11.3 Å². The fourth-order valence-corrected chi connectivity index (χ4v) is 3.52. The number of benzene rings is 2. The number of aromatic nitrogens is 4. The first-order valence-electron chi connectivity index (χ1n) is 7.01. The van der Waals surface area contributed by atoms with Crippen LogP contribution in [0, 0.1) is 0 Å². The highest BCUT2D eigenvalue weighted by Crippen LogP contribution is 2.28. The second-order valence-corrected chi connectivity index (χ2v) is 6.79. The minimum atomic E-state index is -0.00734. The van der Waals surface area contributed by atoms with Crippen molar-refractivity contribution in [1.82, 2.24) is 20.2 Å². The van der Waals surface area contributed by atoms with Crippen LogP contribution in [-0.2, 0) is 5.75 Å². The summed E-state index contributed by atoms with van der Waals surface area (Å²) in [5.74, 6) is 0.593. The van der Waals surface area contributed by atoms with Gasteiger partial charge in [0.25, 0.3) is 0 Å². The SMILES string of the molecule is CC(=O)c1cccc(-n2nnnc2SCc2ccc(Cl)cc2Cl)c1. The van der Waals surface area contributed by atoms with Crippen LogP contribution in [0.2, 0.25) is 10.0 Å². The van der Waals surface area contributed by atoms with Crippen LogP contribution in [0.4, 0.5) is 0 Å². The van der Waals surface area contributed by atoms with Gasteiger partial charge in [0.2, 0.25) is 5.16 Å². The number of nitrogens with zero attached hydrogens (tertiary/aromatic N) is 4. The maximum Gasteiger partial charge on any atom is 0.214 e. The lowest BCUT2D eigenvalue weighted by Crippen LogP contribution is -2.01. The Morgan fingerprint density at radius 3 is 2.79 bits per heavy atom. The summed E-state index contributed by atoms with van der Waals surface area (Å²) in [6, 6.07) is 12.6. The summed E-state index contributed by atoms with van der Waals surface area (Å²) in [5, 5.41) is 13.6. The Morgan fingerprint density at radius 1 is 1.21 bits per heavy atom. The molecule has 0 spiro atoms. The van der Waals surface area contributed by atoms with Gasteiger partial charge in [0, 0.05) is 21.4 Å². The molecular weight excluding hydrogens is 367 g/mol. The summed E-state index contributed by atoms with van der Waals surface area (Å²) in [5.41, 5.74) is 2.29. The highest BCUT2D eigenvalue weighted by Gasteiger charge is 2.12. The fourth-order valence-electron chi connectivity index (χ4n) is 2.07. The molecule has 2 aromatic carbocycles. The number of hydrogen-bond donors (Lipinski definition) is 0. The normalized spacial score (nSPS) is 10.8. The second-order valence-electron chi connectivity index (χ2n) is 5.00. The molecule has 0 atom stereocenters. The Kier molecular flexibility index (Phi) is 5.18. The molecule has 0 amide bonds. The van der Waals surface area contributed by atoms with E-state index < -0.39 is 0 Å². The molecule has 0 fully saturated rings. The molecule has 5 nitrogen and oxygen atoms in total. The molecule has 3 aromatic rings. The number of carbonyl (C=O) groups excluding carboxylic acids is 1. The average Bonchev–Trinajstić information content (AvgIpc) is 3.02. The van der Waals surface area contributed by atoms with Crippen molar-refractivity contribution in [2.24, 2.45) is 0 Å². The molecule has 122 valence electrons. The fraction of sp³-hybridized carbons (Fsp3) is 0.125. The average molecular weight is 379 g/mol. The summed E-state index contributed by atoms with van der Waals surface area (Å²) in [4.78, 5) is 11.5. The van der Waals surface area contributed by atoms with Crippen LogP contribution in [-0.4, -0.2) is 26.0 Å². The van der Waals surface area contributed by atoms with Crippen molar-refractivity contribution in [3.05, 3.63) is 63.6 Å². The van der Waals surface area contributed by atoms with Gasteiger partial charge in [-0.2, -0.15) is 4.68 Å². The first-order chi connectivity index (χ1) is 11.5. The van der Waals surface area contributed by atoms with E-state index in [1.807, 2.05) is 12.1 Å². The first kappa shape index (κ1) is 17.0. The van der Waals surface area contributed by atoms with Crippen LogP contribution in [0.1, 0.15) is 22.8 Å². The molecule has 0 N–H and O–H groups in total. The second kappa shape index (κ2) is 7.34. The third-order valence-corrected chi connectivity index (χ3v) is 4.87. The lowest BCUT2D eigenvalue weighted by molar-refractivity contribution is 0.101. The summed E-state index contributed by atoms with van der Waals surface area (Å²) in [6.45, 7) is 1.52. The maximum atomic E-state index is 11.5. The van der Waals surface area contributed by atoms with Gasteiger partial charge in [-0.05, 0) is 47.2 Å². The number of rotatable bonds is 5. The standard InChI is InChI=1S/C16H12Cl2N4OS/c1-10(23)11-3-2-4-14(7-11)22-16(19-20-21-22)24-9-12-5-6-13(17)8-15(12)18/h2-8H,9H2,1H3. The van der Waals surface area contributed by atoms with Crippen LogP contribution in [0.25, 0.3) is 5.69 Å². The van der Waals surface area contributed by atoms with Crippen LogP contribution in [0.15, 0.2) is 47.6 Å². The smallest absolute Gasteiger partial charge is 0.214 e. The summed E-state index contributed by atoms with van der Waals surface area (Å²) in [6.07, 6.45) is 0. The Bertz CT molecular complexity index is 897. The third kappa shape index (κ3) is 3.77. The van der Waals surface area contributed by atoms with E-state index in [1.165, 1.54) is 18.7 Å². The van der Waals surface area contributed by atoms with E-state index in [9.17, 15) is 4.79 Å². The predicted molar refractivity (Wildman–Crippen MR) is 95.2 cm³/mol.